The average molecular weight is 417 g/mol. The lowest BCUT2D eigenvalue weighted by molar-refractivity contribution is -0.384. The third kappa shape index (κ3) is 5.25. The van der Waals surface area contributed by atoms with Crippen LogP contribution in [0.3, 0.4) is 0 Å². The van der Waals surface area contributed by atoms with Crippen molar-refractivity contribution >= 4 is 23.1 Å². The number of alkyl halides is 3. The van der Waals surface area contributed by atoms with Gasteiger partial charge in [-0.3, -0.25) is 10.1 Å². The van der Waals surface area contributed by atoms with Crippen molar-refractivity contribution in [3.63, 3.8) is 0 Å². The number of para-hydroxylation sites is 2. The highest BCUT2D eigenvalue weighted by atomic mass is 19.4. The number of ether oxygens (including phenoxy) is 1. The molecule has 154 valence electrons. The minimum absolute atomic E-state index is 0.0929. The second kappa shape index (κ2) is 8.52. The summed E-state index contributed by atoms with van der Waals surface area (Å²) in [5.41, 5.74) is -0.450. The van der Waals surface area contributed by atoms with E-state index in [-0.39, 0.29) is 17.1 Å². The Bertz CT molecular complexity index is 1050. The van der Waals surface area contributed by atoms with Gasteiger partial charge in [0.25, 0.3) is 5.69 Å². The van der Waals surface area contributed by atoms with E-state index in [9.17, 15) is 28.1 Å². The molecule has 0 heterocycles. The Hall–Kier alpha value is -4.08. The molecule has 2 amide bonds. The number of benzene rings is 3. The van der Waals surface area contributed by atoms with Crippen LogP contribution in [0.15, 0.2) is 72.8 Å². The van der Waals surface area contributed by atoms with Gasteiger partial charge in [0.2, 0.25) is 0 Å². The minimum Gasteiger partial charge on any atom is -0.455 e. The van der Waals surface area contributed by atoms with Crippen molar-refractivity contribution in [1.82, 2.24) is 0 Å². The smallest absolute Gasteiger partial charge is 0.416 e. The molecule has 0 spiro atoms. The van der Waals surface area contributed by atoms with Crippen molar-refractivity contribution in [2.45, 2.75) is 6.18 Å². The first-order valence-corrected chi connectivity index (χ1v) is 8.49. The summed E-state index contributed by atoms with van der Waals surface area (Å²) in [5.74, 6) is 0.590. The first-order chi connectivity index (χ1) is 14.2. The van der Waals surface area contributed by atoms with E-state index in [1.54, 1.807) is 24.3 Å². The lowest BCUT2D eigenvalue weighted by Crippen LogP contribution is -2.19. The number of nitro groups is 1. The Morgan fingerprint density at radius 1 is 0.900 bits per heavy atom. The molecule has 0 aliphatic heterocycles. The standard InChI is InChI=1S/C20H14F3N3O4/c21-20(22,23)13-5-7-14(8-6-13)24-19(27)25-17-3-1-2-4-18(17)30-16-11-9-15(10-12-16)26(28)29/h1-12H,(H2,24,25,27). The van der Waals surface area contributed by atoms with E-state index in [0.717, 1.165) is 24.3 Å². The highest BCUT2D eigenvalue weighted by Gasteiger charge is 2.30. The summed E-state index contributed by atoms with van der Waals surface area (Å²) in [4.78, 5) is 22.4. The number of hydrogen-bond donors (Lipinski definition) is 2. The fourth-order valence-electron chi connectivity index (χ4n) is 2.45. The molecule has 0 aliphatic rings. The van der Waals surface area contributed by atoms with Crippen LogP contribution in [0.1, 0.15) is 5.56 Å². The van der Waals surface area contributed by atoms with Crippen LogP contribution < -0.4 is 15.4 Å². The molecule has 0 bridgehead atoms. The average Bonchev–Trinajstić information content (AvgIpc) is 2.69. The number of anilines is 2. The number of nitrogens with zero attached hydrogens (tertiary/aromatic N) is 1. The van der Waals surface area contributed by atoms with Crippen molar-refractivity contribution in [2.24, 2.45) is 0 Å². The van der Waals surface area contributed by atoms with Crippen LogP contribution in [0, 0.1) is 10.1 Å². The van der Waals surface area contributed by atoms with Crippen LogP contribution in [0.2, 0.25) is 0 Å². The van der Waals surface area contributed by atoms with Gasteiger partial charge in [-0.05, 0) is 48.5 Å². The molecule has 7 nitrogen and oxygen atoms in total. The zero-order valence-electron chi connectivity index (χ0n) is 15.1. The number of carbonyl (C=O) groups is 1. The van der Waals surface area contributed by atoms with Gasteiger partial charge in [0, 0.05) is 17.8 Å². The fraction of sp³-hybridized carbons (Fsp3) is 0.0500. The summed E-state index contributed by atoms with van der Waals surface area (Å²) in [6, 6.07) is 15.2. The maximum atomic E-state index is 12.6. The molecule has 0 saturated carbocycles. The van der Waals surface area contributed by atoms with Gasteiger partial charge in [0.1, 0.15) is 5.75 Å². The number of rotatable bonds is 5. The van der Waals surface area contributed by atoms with Gasteiger partial charge in [0.05, 0.1) is 16.2 Å². The van der Waals surface area contributed by atoms with Crippen LogP contribution >= 0.6 is 0 Å². The van der Waals surface area contributed by atoms with E-state index >= 15 is 0 Å². The van der Waals surface area contributed by atoms with Gasteiger partial charge in [-0.25, -0.2) is 4.79 Å². The summed E-state index contributed by atoms with van der Waals surface area (Å²) in [6.45, 7) is 0. The van der Waals surface area contributed by atoms with Gasteiger partial charge >= 0.3 is 12.2 Å². The number of non-ortho nitro benzene ring substituents is 1. The highest BCUT2D eigenvalue weighted by Crippen LogP contribution is 2.31. The van der Waals surface area contributed by atoms with Crippen LogP contribution in [0.4, 0.5) is 35.0 Å². The molecule has 30 heavy (non-hydrogen) atoms. The normalized spacial score (nSPS) is 10.9. The largest absolute Gasteiger partial charge is 0.455 e. The van der Waals surface area contributed by atoms with Crippen molar-refractivity contribution in [2.75, 3.05) is 10.6 Å². The molecule has 3 rings (SSSR count). The maximum absolute atomic E-state index is 12.6. The summed E-state index contributed by atoms with van der Waals surface area (Å²) >= 11 is 0. The number of halogens is 3. The lowest BCUT2D eigenvalue weighted by Gasteiger charge is -2.13. The number of hydrogen-bond acceptors (Lipinski definition) is 4. The first kappa shape index (κ1) is 20.6. The molecule has 3 aromatic rings. The van der Waals surface area contributed by atoms with Crippen molar-refractivity contribution in [1.29, 1.82) is 0 Å². The predicted molar refractivity (Wildman–Crippen MR) is 104 cm³/mol. The zero-order chi connectivity index (χ0) is 21.7. The number of carbonyl (C=O) groups excluding carboxylic acids is 1. The maximum Gasteiger partial charge on any atom is 0.416 e. The summed E-state index contributed by atoms with van der Waals surface area (Å²) in [7, 11) is 0. The highest BCUT2D eigenvalue weighted by molar-refractivity contribution is 6.00. The summed E-state index contributed by atoms with van der Waals surface area (Å²) in [6.07, 6.45) is -4.46. The van der Waals surface area contributed by atoms with Gasteiger partial charge in [-0.1, -0.05) is 12.1 Å². The lowest BCUT2D eigenvalue weighted by atomic mass is 10.2. The third-order valence-corrected chi connectivity index (χ3v) is 3.88. The first-order valence-electron chi connectivity index (χ1n) is 8.49. The molecule has 0 fully saturated rings. The van der Waals surface area contributed by atoms with E-state index < -0.39 is 22.7 Å². The minimum atomic E-state index is -4.46. The Balaban J connectivity index is 1.68. The van der Waals surface area contributed by atoms with Crippen LogP contribution in [-0.2, 0) is 6.18 Å². The van der Waals surface area contributed by atoms with Gasteiger partial charge in [-0.2, -0.15) is 13.2 Å². The SMILES string of the molecule is O=C(Nc1ccc(C(F)(F)F)cc1)Nc1ccccc1Oc1ccc([N+](=O)[O-])cc1. The Labute approximate surface area is 168 Å². The Morgan fingerprint density at radius 3 is 2.13 bits per heavy atom. The monoisotopic (exact) mass is 417 g/mol. The predicted octanol–water partition coefficient (Wildman–Crippen LogP) is 6.05. The molecule has 10 heteroatoms. The molecular weight excluding hydrogens is 403 g/mol. The fourth-order valence-corrected chi connectivity index (χ4v) is 2.45. The van der Waals surface area contributed by atoms with E-state index in [1.807, 2.05) is 0 Å². The van der Waals surface area contributed by atoms with E-state index in [4.69, 9.17) is 4.74 Å². The second-order valence-electron chi connectivity index (χ2n) is 6.00. The van der Waals surface area contributed by atoms with Crippen molar-refractivity contribution < 1.29 is 27.6 Å². The molecular formula is C20H14F3N3O4. The summed E-state index contributed by atoms with van der Waals surface area (Å²) in [5, 5.41) is 15.7. The van der Waals surface area contributed by atoms with Gasteiger partial charge in [-0.15, -0.1) is 0 Å². The Morgan fingerprint density at radius 2 is 1.53 bits per heavy atom. The molecule has 0 saturated heterocycles. The van der Waals surface area contributed by atoms with E-state index in [0.29, 0.717) is 11.4 Å². The molecule has 0 unspecified atom stereocenters. The number of urea groups is 1. The Kier molecular flexibility index (Phi) is 5.86. The molecule has 0 atom stereocenters. The van der Waals surface area contributed by atoms with Crippen LogP contribution in [0.25, 0.3) is 0 Å². The second-order valence-corrected chi connectivity index (χ2v) is 6.00. The topological polar surface area (TPSA) is 93.5 Å². The number of amides is 2. The van der Waals surface area contributed by atoms with Gasteiger partial charge < -0.3 is 15.4 Å². The number of nitrogens with one attached hydrogen (secondary N) is 2. The molecule has 0 aromatic heterocycles. The molecule has 3 aromatic carbocycles. The van der Waals surface area contributed by atoms with Gasteiger partial charge in [0.15, 0.2) is 5.75 Å². The molecule has 0 aliphatic carbocycles. The van der Waals surface area contributed by atoms with E-state index in [2.05, 4.69) is 10.6 Å². The van der Waals surface area contributed by atoms with Crippen LogP contribution in [0.5, 0.6) is 11.5 Å². The summed E-state index contributed by atoms with van der Waals surface area (Å²) < 4.78 is 43.5. The molecule has 0 radical (unpaired) electrons. The van der Waals surface area contributed by atoms with E-state index in [1.165, 1.54) is 24.3 Å². The zero-order valence-corrected chi connectivity index (χ0v) is 15.1. The third-order valence-electron chi connectivity index (χ3n) is 3.88. The van der Waals surface area contributed by atoms with Crippen molar-refractivity contribution in [3.8, 4) is 11.5 Å². The van der Waals surface area contributed by atoms with Crippen molar-refractivity contribution in [3.05, 3.63) is 88.5 Å². The number of nitro benzene ring substituents is 1. The molecule has 2 N–H and O–H groups in total. The van der Waals surface area contributed by atoms with Crippen LogP contribution in [-0.4, -0.2) is 11.0 Å². The quantitative estimate of drug-likeness (QED) is 0.390.